The molecule has 0 bridgehead atoms. The molecule has 0 amide bonds. The number of carbonyl (C=O) groups is 1. The highest BCUT2D eigenvalue weighted by Gasteiger charge is 2.34. The zero-order valence-electron chi connectivity index (χ0n) is 16.9. The molecule has 0 aliphatic rings. The molecule has 134 valence electrons. The van der Waals surface area contributed by atoms with E-state index in [4.69, 9.17) is 0 Å². The monoisotopic (exact) mass is 340 g/mol. The maximum absolute atomic E-state index is 12.6. The molecule has 2 aromatic carbocycles. The van der Waals surface area contributed by atoms with Gasteiger partial charge in [-0.1, -0.05) is 24.3 Å². The number of carbonyl (C=O) groups excluding carboxylic acids is 1. The van der Waals surface area contributed by atoms with E-state index in [1.54, 1.807) is 6.92 Å². The molecule has 0 fully saturated rings. The Morgan fingerprint density at radius 1 is 0.680 bits per heavy atom. The second-order valence-electron chi connectivity index (χ2n) is 8.80. The third kappa shape index (κ3) is 3.83. The van der Waals surface area contributed by atoms with Crippen molar-refractivity contribution in [1.82, 2.24) is 8.97 Å². The minimum atomic E-state index is -0.632. The third-order valence-electron chi connectivity index (χ3n) is 5.14. The Morgan fingerprint density at radius 3 is 1.16 bits per heavy atom. The molecular formula is C22H32N2O+2. The summed E-state index contributed by atoms with van der Waals surface area (Å²) >= 11 is 0. The zero-order valence-corrected chi connectivity index (χ0v) is 16.9. The smallest absolute Gasteiger partial charge is 0.144 e. The van der Waals surface area contributed by atoms with Gasteiger partial charge < -0.3 is 0 Å². The third-order valence-corrected chi connectivity index (χ3v) is 5.14. The van der Waals surface area contributed by atoms with E-state index in [0.29, 0.717) is 0 Å². The summed E-state index contributed by atoms with van der Waals surface area (Å²) in [5.74, 6) is 0.156. The van der Waals surface area contributed by atoms with E-state index in [2.05, 4.69) is 90.8 Å². The van der Waals surface area contributed by atoms with E-state index in [-0.39, 0.29) is 5.78 Å². The minimum absolute atomic E-state index is 0.156. The summed E-state index contributed by atoms with van der Waals surface area (Å²) in [6.07, 6.45) is 0. The van der Waals surface area contributed by atoms with Crippen molar-refractivity contribution in [3.8, 4) is 0 Å². The van der Waals surface area contributed by atoms with Crippen LogP contribution in [0.15, 0.2) is 48.5 Å². The molecule has 0 atom stereocenters. The number of benzene rings is 2. The van der Waals surface area contributed by atoms with E-state index in [0.717, 1.165) is 20.1 Å². The molecule has 0 aliphatic heterocycles. The lowest BCUT2D eigenvalue weighted by molar-refractivity contribution is -0.120. The Hall–Kier alpha value is -1.97. The quantitative estimate of drug-likeness (QED) is 0.753. The summed E-state index contributed by atoms with van der Waals surface area (Å²) < 4.78 is 1.52. The first-order chi connectivity index (χ1) is 11.4. The second-order valence-corrected chi connectivity index (χ2v) is 8.80. The number of rotatable bonds is 5. The van der Waals surface area contributed by atoms with Crippen molar-refractivity contribution in [2.75, 3.05) is 42.3 Å². The van der Waals surface area contributed by atoms with E-state index in [1.165, 1.54) is 11.4 Å². The Labute approximate surface area is 152 Å². The highest BCUT2D eigenvalue weighted by Crippen LogP contribution is 2.35. The highest BCUT2D eigenvalue weighted by atomic mass is 16.1. The van der Waals surface area contributed by atoms with Crippen molar-refractivity contribution in [1.29, 1.82) is 0 Å². The second kappa shape index (κ2) is 6.40. The van der Waals surface area contributed by atoms with Crippen molar-refractivity contribution in [2.24, 2.45) is 0 Å². The van der Waals surface area contributed by atoms with E-state index in [9.17, 15) is 4.79 Å². The maximum atomic E-state index is 12.6. The first-order valence-corrected chi connectivity index (χ1v) is 8.73. The average molecular weight is 341 g/mol. The number of quaternary nitrogens is 2. The fourth-order valence-electron chi connectivity index (χ4n) is 3.06. The Morgan fingerprint density at radius 2 is 0.960 bits per heavy atom. The van der Waals surface area contributed by atoms with Crippen LogP contribution in [0.1, 0.15) is 25.0 Å². The van der Waals surface area contributed by atoms with Gasteiger partial charge in [-0.3, -0.25) is 13.8 Å². The van der Waals surface area contributed by atoms with Crippen LogP contribution in [0, 0.1) is 0 Å². The van der Waals surface area contributed by atoms with Crippen LogP contribution in [-0.4, -0.2) is 48.1 Å². The number of ketones is 1. The Kier molecular flexibility index (Phi) is 4.95. The van der Waals surface area contributed by atoms with Crippen LogP contribution < -0.4 is 8.97 Å². The topological polar surface area (TPSA) is 17.1 Å². The van der Waals surface area contributed by atoms with Gasteiger partial charge in [0, 0.05) is 0 Å². The molecular weight excluding hydrogens is 308 g/mol. The molecule has 25 heavy (non-hydrogen) atoms. The summed E-state index contributed by atoms with van der Waals surface area (Å²) in [5.41, 5.74) is 3.88. The summed E-state index contributed by atoms with van der Waals surface area (Å²) in [6.45, 7) is 3.71. The predicted molar refractivity (Wildman–Crippen MR) is 109 cm³/mol. The minimum Gasteiger partial charge on any atom is -0.299 e. The van der Waals surface area contributed by atoms with Crippen molar-refractivity contribution in [2.45, 2.75) is 19.3 Å². The summed E-state index contributed by atoms with van der Waals surface area (Å²) in [6, 6.07) is 16.9. The number of hydrogen-bond acceptors (Lipinski definition) is 1. The van der Waals surface area contributed by atoms with Crippen LogP contribution in [0.4, 0.5) is 11.4 Å². The number of hydrogen-bond donors (Lipinski definition) is 0. The van der Waals surface area contributed by atoms with Gasteiger partial charge in [0.15, 0.2) is 0 Å². The molecule has 0 saturated carbocycles. The fourth-order valence-corrected chi connectivity index (χ4v) is 3.06. The van der Waals surface area contributed by atoms with Crippen molar-refractivity contribution in [3.63, 3.8) is 0 Å². The van der Waals surface area contributed by atoms with Crippen molar-refractivity contribution >= 4 is 17.2 Å². The van der Waals surface area contributed by atoms with E-state index >= 15 is 0 Å². The van der Waals surface area contributed by atoms with Crippen LogP contribution in [0.2, 0.25) is 0 Å². The van der Waals surface area contributed by atoms with Crippen molar-refractivity contribution in [3.05, 3.63) is 59.7 Å². The summed E-state index contributed by atoms with van der Waals surface area (Å²) in [7, 11) is 12.8. The molecule has 0 unspecified atom stereocenters. The molecule has 2 rings (SSSR count). The zero-order chi connectivity index (χ0) is 19.0. The highest BCUT2D eigenvalue weighted by molar-refractivity contribution is 5.91. The molecule has 0 saturated heterocycles. The number of nitrogens with zero attached hydrogens (tertiary/aromatic N) is 2. The van der Waals surface area contributed by atoms with Gasteiger partial charge in [-0.15, -0.1) is 0 Å². The van der Waals surface area contributed by atoms with Crippen LogP contribution >= 0.6 is 0 Å². The molecule has 0 N–H and O–H groups in total. The van der Waals surface area contributed by atoms with Gasteiger partial charge >= 0.3 is 0 Å². The number of Topliss-reactive ketones (excluding diaryl/α,β-unsaturated/α-hetero) is 1. The molecule has 0 aromatic heterocycles. The van der Waals surface area contributed by atoms with E-state index < -0.39 is 5.41 Å². The van der Waals surface area contributed by atoms with Gasteiger partial charge in [0.2, 0.25) is 0 Å². The lowest BCUT2D eigenvalue weighted by atomic mass is 9.73. The lowest BCUT2D eigenvalue weighted by Gasteiger charge is -2.30. The Bertz CT molecular complexity index is 687. The van der Waals surface area contributed by atoms with E-state index in [1.807, 2.05) is 6.92 Å². The fraction of sp³-hybridized carbons (Fsp3) is 0.409. The molecule has 2 aromatic rings. The van der Waals surface area contributed by atoms with Gasteiger partial charge in [0.1, 0.15) is 17.2 Å². The van der Waals surface area contributed by atoms with Gasteiger partial charge in [-0.25, -0.2) is 0 Å². The molecule has 0 radical (unpaired) electrons. The molecule has 3 nitrogen and oxygen atoms in total. The van der Waals surface area contributed by atoms with Crippen molar-refractivity contribution < 1.29 is 4.79 Å². The first kappa shape index (κ1) is 19.4. The van der Waals surface area contributed by atoms with Crippen LogP contribution in [0.25, 0.3) is 0 Å². The Balaban J connectivity index is 2.50. The van der Waals surface area contributed by atoms with Crippen LogP contribution in [0.5, 0.6) is 0 Å². The molecule has 3 heteroatoms. The van der Waals surface area contributed by atoms with Gasteiger partial charge in [-0.05, 0) is 49.2 Å². The molecule has 0 spiro atoms. The first-order valence-electron chi connectivity index (χ1n) is 8.73. The lowest BCUT2D eigenvalue weighted by Crippen LogP contribution is -2.36. The molecule has 0 heterocycles. The van der Waals surface area contributed by atoms with Gasteiger partial charge in [-0.2, -0.15) is 0 Å². The largest absolute Gasteiger partial charge is 0.299 e. The SMILES string of the molecule is CC(=O)C(C)(c1ccc([N+](C)(C)C)cc1)c1ccc([N+](C)(C)C)cc1. The van der Waals surface area contributed by atoms with Gasteiger partial charge in [0.05, 0.1) is 47.7 Å². The normalized spacial score (nSPS) is 13.0. The summed E-state index contributed by atoms with van der Waals surface area (Å²) in [5, 5.41) is 0. The average Bonchev–Trinajstić information content (AvgIpc) is 2.52. The van der Waals surface area contributed by atoms with Gasteiger partial charge in [0.25, 0.3) is 0 Å². The standard InChI is InChI=1S/C22H32N2O/c1-17(25)22(2,18-9-13-20(14-10-18)23(3,4)5)19-11-15-21(16-12-19)24(6,7)8/h9-16H,1-8H3/q+2. The molecule has 0 aliphatic carbocycles. The summed E-state index contributed by atoms with van der Waals surface area (Å²) in [4.78, 5) is 12.6. The predicted octanol–water partition coefficient (Wildman–Crippen LogP) is 3.98. The van der Waals surface area contributed by atoms with Crippen LogP contribution in [0.3, 0.4) is 0 Å². The van der Waals surface area contributed by atoms with Crippen LogP contribution in [-0.2, 0) is 10.2 Å². The maximum Gasteiger partial charge on any atom is 0.144 e.